The maximum Gasteiger partial charge on any atom is 0.407 e. The fourth-order valence-electron chi connectivity index (χ4n) is 6.42. The molecule has 8 nitrogen and oxygen atoms in total. The van der Waals surface area contributed by atoms with Crippen molar-refractivity contribution in [2.45, 2.75) is 46.2 Å². The second kappa shape index (κ2) is 6.95. The number of likely N-dealkylation sites (tertiary alicyclic amines) is 1. The summed E-state index contributed by atoms with van der Waals surface area (Å²) < 4.78 is 0. The van der Waals surface area contributed by atoms with Gasteiger partial charge in [0.15, 0.2) is 0 Å². The molecule has 8 heteroatoms. The fraction of sp³-hybridized carbons (Fsp3) is 0.462. The normalized spacial score (nSPS) is 22.2. The summed E-state index contributed by atoms with van der Waals surface area (Å²) in [5.74, 6) is -0.104. The van der Waals surface area contributed by atoms with Gasteiger partial charge in [-0.15, -0.1) is 0 Å². The van der Waals surface area contributed by atoms with Crippen LogP contribution in [0.3, 0.4) is 0 Å². The molecule has 1 spiro atoms. The zero-order valence-corrected chi connectivity index (χ0v) is 20.2. The molecular formula is C26H29N5O3. The Bertz CT molecular complexity index is 1250. The van der Waals surface area contributed by atoms with Gasteiger partial charge < -0.3 is 14.9 Å². The molecule has 5 rings (SSSR count). The van der Waals surface area contributed by atoms with Gasteiger partial charge in [-0.25, -0.2) is 4.79 Å². The highest BCUT2D eigenvalue weighted by Gasteiger charge is 2.64. The number of aromatic nitrogens is 1. The Kier molecular flexibility index (Phi) is 4.54. The van der Waals surface area contributed by atoms with Crippen LogP contribution in [0.25, 0.3) is 0 Å². The number of carbonyl (C=O) groups is 2. The third-order valence-electron chi connectivity index (χ3n) is 7.59. The van der Waals surface area contributed by atoms with Crippen LogP contribution in [0.2, 0.25) is 0 Å². The average Bonchev–Trinajstić information content (AvgIpc) is 2.90. The van der Waals surface area contributed by atoms with Gasteiger partial charge >= 0.3 is 6.09 Å². The smallest absolute Gasteiger partial charge is 0.407 e. The van der Waals surface area contributed by atoms with Crippen molar-refractivity contribution in [1.82, 2.24) is 9.88 Å². The first-order chi connectivity index (χ1) is 15.9. The molecule has 2 amide bonds. The Labute approximate surface area is 199 Å². The first-order valence-electron chi connectivity index (χ1n) is 11.5. The molecule has 34 heavy (non-hydrogen) atoms. The summed E-state index contributed by atoms with van der Waals surface area (Å²) in [6.45, 7) is 12.3. The van der Waals surface area contributed by atoms with Crippen LogP contribution >= 0.6 is 0 Å². The van der Waals surface area contributed by atoms with Crippen LogP contribution in [0, 0.1) is 22.2 Å². The molecule has 0 bridgehead atoms. The van der Waals surface area contributed by atoms with E-state index in [1.54, 1.807) is 40.4 Å². The van der Waals surface area contributed by atoms with Gasteiger partial charge in [-0.2, -0.15) is 5.26 Å². The standard InChI is InChI=1S/C26H29N5O3/c1-24(2,3)22-26(15-30(22)23(33)34)13-29(14-26)17-9-18(12-28-11-17)31-21(32)19-7-6-16(10-27)8-20(19)25(31,4)5/h6-9,11-12,22H,13-15H2,1-5H3,(H,33,34). The lowest BCUT2D eigenvalue weighted by Gasteiger charge is -2.68. The van der Waals surface area contributed by atoms with Crippen molar-refractivity contribution in [2.75, 3.05) is 29.4 Å². The van der Waals surface area contributed by atoms with Gasteiger partial charge in [0.1, 0.15) is 0 Å². The van der Waals surface area contributed by atoms with Crippen molar-refractivity contribution in [3.05, 3.63) is 53.3 Å². The summed E-state index contributed by atoms with van der Waals surface area (Å²) in [7, 11) is 0. The SMILES string of the molecule is CC(C)(C)C1N(C(=O)O)CC12CN(c1cncc(N3C(=O)c4ccc(C#N)cc4C3(C)C)c1)C2. The summed E-state index contributed by atoms with van der Waals surface area (Å²) in [5.41, 5.74) is 2.77. The lowest BCUT2D eigenvalue weighted by atomic mass is 9.58. The molecule has 2 saturated heterocycles. The zero-order valence-electron chi connectivity index (χ0n) is 20.2. The quantitative estimate of drug-likeness (QED) is 0.727. The van der Waals surface area contributed by atoms with Gasteiger partial charge in [0.05, 0.1) is 47.0 Å². The van der Waals surface area contributed by atoms with E-state index in [9.17, 15) is 20.0 Å². The highest BCUT2D eigenvalue weighted by atomic mass is 16.4. The Morgan fingerprint density at radius 3 is 2.44 bits per heavy atom. The summed E-state index contributed by atoms with van der Waals surface area (Å²) in [6.07, 6.45) is 2.63. The zero-order chi connectivity index (χ0) is 24.6. The molecule has 0 saturated carbocycles. The van der Waals surface area contributed by atoms with E-state index >= 15 is 0 Å². The minimum Gasteiger partial charge on any atom is -0.465 e. The number of rotatable bonds is 2. The van der Waals surface area contributed by atoms with E-state index in [1.807, 2.05) is 19.9 Å². The number of pyridine rings is 1. The molecule has 2 aromatic rings. The van der Waals surface area contributed by atoms with E-state index < -0.39 is 11.6 Å². The molecular weight excluding hydrogens is 430 g/mol. The van der Waals surface area contributed by atoms with Gasteiger partial charge in [0, 0.05) is 30.6 Å². The van der Waals surface area contributed by atoms with Gasteiger partial charge in [0.2, 0.25) is 0 Å². The lowest BCUT2D eigenvalue weighted by Crippen LogP contribution is -2.81. The monoisotopic (exact) mass is 459 g/mol. The lowest BCUT2D eigenvalue weighted by molar-refractivity contribution is -0.121. The molecule has 4 heterocycles. The van der Waals surface area contributed by atoms with Crippen molar-refractivity contribution in [3.8, 4) is 6.07 Å². The van der Waals surface area contributed by atoms with Crippen molar-refractivity contribution >= 4 is 23.4 Å². The van der Waals surface area contributed by atoms with Gasteiger partial charge in [-0.1, -0.05) is 20.8 Å². The molecule has 3 aliphatic heterocycles. The maximum absolute atomic E-state index is 13.3. The molecule has 1 atom stereocenters. The second-order valence-corrected chi connectivity index (χ2v) is 11.4. The van der Waals surface area contributed by atoms with Crippen LogP contribution in [0.4, 0.5) is 16.2 Å². The number of benzene rings is 1. The molecule has 0 radical (unpaired) electrons. The van der Waals surface area contributed by atoms with Gasteiger partial charge in [-0.3, -0.25) is 14.7 Å². The number of carboxylic acid groups (broad SMARTS) is 1. The number of hydrogen-bond acceptors (Lipinski definition) is 5. The van der Waals surface area contributed by atoms with Gasteiger partial charge in [-0.05, 0) is 49.1 Å². The number of nitriles is 1. The predicted octanol–water partition coefficient (Wildman–Crippen LogP) is 4.06. The highest BCUT2D eigenvalue weighted by Crippen LogP contribution is 2.53. The van der Waals surface area contributed by atoms with E-state index in [2.05, 4.69) is 36.7 Å². The molecule has 1 unspecified atom stereocenters. The Hall–Kier alpha value is -3.60. The Morgan fingerprint density at radius 1 is 1.15 bits per heavy atom. The summed E-state index contributed by atoms with van der Waals surface area (Å²) >= 11 is 0. The minimum atomic E-state index is -0.860. The number of amides is 2. The summed E-state index contributed by atoms with van der Waals surface area (Å²) in [4.78, 5) is 35.0. The Morgan fingerprint density at radius 2 is 1.82 bits per heavy atom. The van der Waals surface area contributed by atoms with Crippen molar-refractivity contribution in [3.63, 3.8) is 0 Å². The largest absolute Gasteiger partial charge is 0.465 e. The molecule has 0 aliphatic carbocycles. The van der Waals surface area contributed by atoms with Crippen molar-refractivity contribution < 1.29 is 14.7 Å². The average molecular weight is 460 g/mol. The number of nitrogens with zero attached hydrogens (tertiary/aromatic N) is 5. The van der Waals surface area contributed by atoms with Crippen molar-refractivity contribution in [1.29, 1.82) is 5.26 Å². The van der Waals surface area contributed by atoms with Crippen molar-refractivity contribution in [2.24, 2.45) is 10.8 Å². The summed E-state index contributed by atoms with van der Waals surface area (Å²) in [6, 6.07) is 9.30. The minimum absolute atomic E-state index is 0.0344. The molecule has 2 fully saturated rings. The van der Waals surface area contributed by atoms with Crippen LogP contribution in [0.15, 0.2) is 36.7 Å². The molecule has 176 valence electrons. The van der Waals surface area contributed by atoms with E-state index in [0.717, 1.165) is 24.3 Å². The van der Waals surface area contributed by atoms with E-state index in [-0.39, 0.29) is 22.8 Å². The number of anilines is 2. The fourth-order valence-corrected chi connectivity index (χ4v) is 6.42. The number of carbonyl (C=O) groups excluding carboxylic acids is 1. The first kappa shape index (κ1) is 22.2. The summed E-state index contributed by atoms with van der Waals surface area (Å²) in [5, 5.41) is 18.9. The number of fused-ring (bicyclic) bond motifs is 1. The molecule has 1 aromatic carbocycles. The van der Waals surface area contributed by atoms with Crippen LogP contribution in [-0.4, -0.2) is 52.7 Å². The topological polar surface area (TPSA) is 101 Å². The van der Waals surface area contributed by atoms with E-state index in [0.29, 0.717) is 23.4 Å². The van der Waals surface area contributed by atoms with E-state index in [4.69, 9.17) is 0 Å². The third kappa shape index (κ3) is 2.99. The predicted molar refractivity (Wildman–Crippen MR) is 128 cm³/mol. The molecule has 1 aromatic heterocycles. The first-order valence-corrected chi connectivity index (χ1v) is 11.5. The highest BCUT2D eigenvalue weighted by molar-refractivity contribution is 6.12. The van der Waals surface area contributed by atoms with Gasteiger partial charge in [0.25, 0.3) is 5.91 Å². The Balaban J connectivity index is 1.40. The maximum atomic E-state index is 13.3. The molecule has 1 N–H and O–H groups in total. The number of hydrogen-bond donors (Lipinski definition) is 1. The van der Waals surface area contributed by atoms with Crippen LogP contribution in [0.5, 0.6) is 0 Å². The van der Waals surface area contributed by atoms with Crippen LogP contribution < -0.4 is 9.80 Å². The second-order valence-electron chi connectivity index (χ2n) is 11.4. The third-order valence-corrected chi connectivity index (χ3v) is 7.59. The molecule has 3 aliphatic rings. The van der Waals surface area contributed by atoms with Crippen LogP contribution in [0.1, 0.15) is 56.1 Å². The van der Waals surface area contributed by atoms with Crippen LogP contribution in [-0.2, 0) is 5.54 Å². The van der Waals surface area contributed by atoms with E-state index in [1.165, 1.54) is 0 Å².